The van der Waals surface area contributed by atoms with Crippen LogP contribution < -0.4 is 37.2 Å². The van der Waals surface area contributed by atoms with E-state index in [-0.39, 0.29) is 74.5 Å². The van der Waals surface area contributed by atoms with Crippen LogP contribution in [0.3, 0.4) is 0 Å². The normalized spacial score (nSPS) is 20.7. The molecule has 0 spiro atoms. The largest absolute Gasteiger partial charge is 0.508 e. The maximum atomic E-state index is 14.4. The number of benzene rings is 3. The number of aliphatic carboxylic acids is 1. The molecule has 1 aliphatic rings. The minimum atomic E-state index is -1.47. The number of amides is 7. The number of carboxylic acid groups (broad SMARTS) is 1. The van der Waals surface area contributed by atoms with Gasteiger partial charge in [0.05, 0.1) is 0 Å². The predicted molar refractivity (Wildman–Crippen MR) is 244 cm³/mol. The number of nitrogens with one attached hydrogen (secondary N) is 7. The topological polar surface area (TPSA) is 302 Å². The molecule has 1 aliphatic heterocycles. The van der Waals surface area contributed by atoms with Crippen LogP contribution in [0.5, 0.6) is 17.2 Å². The quantitative estimate of drug-likeness (QED) is 0.100. The Hall–Kier alpha value is -6.83. The maximum absolute atomic E-state index is 14.4. The first-order valence-corrected chi connectivity index (χ1v) is 22.3. The summed E-state index contributed by atoms with van der Waals surface area (Å²) in [5.41, 5.74) is 1.47. The zero-order valence-electron chi connectivity index (χ0n) is 36.7. The second-order valence-corrected chi connectivity index (χ2v) is 16.6. The smallest absolute Gasteiger partial charge is 0.326 e. The number of phenolic OH excluding ortho intramolecular Hbond substituents is 3. The molecular weight excluding hydrogens is 875 g/mol. The van der Waals surface area contributed by atoms with E-state index in [1.165, 1.54) is 72.8 Å². The second kappa shape index (κ2) is 25.6. The van der Waals surface area contributed by atoms with E-state index in [2.05, 4.69) is 49.8 Å². The lowest BCUT2D eigenvalue weighted by Gasteiger charge is -2.29. The van der Waals surface area contributed by atoms with E-state index in [0.717, 1.165) is 0 Å². The monoisotopic (exact) mass is 933 g/mol. The number of rotatable bonds is 14. The average Bonchev–Trinajstić information content (AvgIpc) is 3.29. The summed E-state index contributed by atoms with van der Waals surface area (Å²) in [6.07, 6.45) is -0.0199. The molecule has 1 heterocycles. The Morgan fingerprint density at radius 3 is 1.74 bits per heavy atom. The lowest BCUT2D eigenvalue weighted by Crippen LogP contribution is -2.61. The summed E-state index contributed by atoms with van der Waals surface area (Å²) < 4.78 is 0. The molecule has 0 aliphatic carbocycles. The Labute approximate surface area is 387 Å². The van der Waals surface area contributed by atoms with E-state index < -0.39 is 89.5 Å². The standard InChI is InChI=1S/C46H59N7O12S/c1-3-26(2)40-45(63)51-35(23-28-9-15-31(55)16-10-28)42(60)49-33(6-4-5-21-47-38(57)19-20-39(58)48-37(25-66)44(62)53-40)41(59)50-34(22-27-7-13-30(54)14-8-27)43(61)52-36(46(64)65)24-29-11-17-32(56)18-12-29/h7-18,26,33-37,40,54-56,66H,3-6,19-25H2,1-2H3,(H,47,57)(H,48,58)(H,49,60)(H,50,59)(H,51,63)(H,52,61)(H,53,62)(H,64,65)/t26-,33-,34-,35-,36-,37-,40-/m0/s1. The van der Waals surface area contributed by atoms with Gasteiger partial charge in [0.1, 0.15) is 53.5 Å². The molecule has 1 saturated heterocycles. The lowest BCUT2D eigenvalue weighted by atomic mass is 9.96. The van der Waals surface area contributed by atoms with Gasteiger partial charge in [0.15, 0.2) is 0 Å². The SMILES string of the molecule is CC[C@H](C)[C@@H]1NC(=O)[C@H](CS)NC(=O)CCC(=O)NCCCC[C@@H](C(=O)N[C@@H](Cc2ccc(O)cc2)C(=O)N[C@@H](Cc2ccc(O)cc2)C(=O)O)NC(=O)[C@H](Cc2ccc(O)cc2)NC1=O. The first-order chi connectivity index (χ1) is 31.5. The van der Waals surface area contributed by atoms with Crippen molar-refractivity contribution in [2.24, 2.45) is 5.92 Å². The van der Waals surface area contributed by atoms with E-state index in [0.29, 0.717) is 29.5 Å². The third kappa shape index (κ3) is 16.6. The molecule has 3 aromatic rings. The van der Waals surface area contributed by atoms with Gasteiger partial charge in [0, 0.05) is 44.4 Å². The number of carbonyl (C=O) groups is 8. The number of carbonyl (C=O) groups excluding carboxylic acids is 7. The highest BCUT2D eigenvalue weighted by atomic mass is 32.1. The van der Waals surface area contributed by atoms with Crippen molar-refractivity contribution >= 4 is 59.9 Å². The Bertz CT molecular complexity index is 2160. The van der Waals surface area contributed by atoms with E-state index in [9.17, 15) is 58.8 Å². The maximum Gasteiger partial charge on any atom is 0.326 e. The van der Waals surface area contributed by atoms with Crippen molar-refractivity contribution in [1.82, 2.24) is 37.2 Å². The molecule has 66 heavy (non-hydrogen) atoms. The van der Waals surface area contributed by atoms with Crippen LogP contribution in [0.25, 0.3) is 0 Å². The summed E-state index contributed by atoms with van der Waals surface area (Å²) in [6.45, 7) is 3.63. The molecule has 1 fully saturated rings. The molecule has 3 aromatic carbocycles. The van der Waals surface area contributed by atoms with Crippen molar-refractivity contribution in [1.29, 1.82) is 0 Å². The molecule has 7 atom stereocenters. The second-order valence-electron chi connectivity index (χ2n) is 16.2. The van der Waals surface area contributed by atoms with Crippen molar-refractivity contribution in [3.63, 3.8) is 0 Å². The van der Waals surface area contributed by atoms with Crippen LogP contribution in [0.15, 0.2) is 72.8 Å². The van der Waals surface area contributed by atoms with E-state index >= 15 is 0 Å². The van der Waals surface area contributed by atoms with Gasteiger partial charge >= 0.3 is 5.97 Å². The van der Waals surface area contributed by atoms with Crippen LogP contribution in [0, 0.1) is 5.92 Å². The van der Waals surface area contributed by atoms with Crippen molar-refractivity contribution in [3.05, 3.63) is 89.5 Å². The first kappa shape index (κ1) is 51.8. The average molecular weight is 934 g/mol. The van der Waals surface area contributed by atoms with E-state index in [4.69, 9.17) is 0 Å². The highest BCUT2D eigenvalue weighted by Crippen LogP contribution is 2.17. The molecule has 0 bridgehead atoms. The van der Waals surface area contributed by atoms with Crippen molar-refractivity contribution in [2.45, 2.75) is 108 Å². The molecule has 356 valence electrons. The Balaban J connectivity index is 1.69. The van der Waals surface area contributed by atoms with Crippen molar-refractivity contribution in [2.75, 3.05) is 12.3 Å². The van der Waals surface area contributed by atoms with Gasteiger partial charge in [-0.25, -0.2) is 4.79 Å². The molecule has 11 N–H and O–H groups in total. The number of aromatic hydroxyl groups is 3. The molecule has 0 aromatic heterocycles. The minimum absolute atomic E-state index is 0.0422. The van der Waals surface area contributed by atoms with Gasteiger partial charge in [0.2, 0.25) is 41.4 Å². The van der Waals surface area contributed by atoms with Gasteiger partial charge in [-0.3, -0.25) is 33.6 Å². The van der Waals surface area contributed by atoms with Crippen LogP contribution >= 0.6 is 12.6 Å². The first-order valence-electron chi connectivity index (χ1n) is 21.7. The lowest BCUT2D eigenvalue weighted by molar-refractivity contribution is -0.142. The van der Waals surface area contributed by atoms with Gasteiger partial charge in [0.25, 0.3) is 0 Å². The fourth-order valence-corrected chi connectivity index (χ4v) is 7.26. The number of hydrogen-bond donors (Lipinski definition) is 12. The summed E-state index contributed by atoms with van der Waals surface area (Å²) in [6, 6.07) is 9.35. The number of hydrogen-bond acceptors (Lipinski definition) is 12. The molecule has 19 nitrogen and oxygen atoms in total. The van der Waals surface area contributed by atoms with E-state index in [1.54, 1.807) is 13.8 Å². The number of thiol groups is 1. The number of phenols is 3. The van der Waals surface area contributed by atoms with Crippen LogP contribution in [0.4, 0.5) is 0 Å². The summed E-state index contributed by atoms with van der Waals surface area (Å²) in [5, 5.41) is 58.2. The number of carboxylic acids is 1. The summed E-state index contributed by atoms with van der Waals surface area (Å²) in [4.78, 5) is 108. The third-order valence-electron chi connectivity index (χ3n) is 11.1. The van der Waals surface area contributed by atoms with E-state index in [1.807, 2.05) is 0 Å². The molecule has 0 saturated carbocycles. The van der Waals surface area contributed by atoms with Crippen molar-refractivity contribution < 1.29 is 58.8 Å². The Kier molecular flexibility index (Phi) is 20.1. The zero-order chi connectivity index (χ0) is 48.3. The Morgan fingerprint density at radius 1 is 0.667 bits per heavy atom. The molecular formula is C46H59N7O12S. The van der Waals surface area contributed by atoms with Gasteiger partial charge in [-0.2, -0.15) is 12.6 Å². The highest BCUT2D eigenvalue weighted by molar-refractivity contribution is 7.80. The van der Waals surface area contributed by atoms with Crippen LogP contribution in [-0.4, -0.2) is 116 Å². The Morgan fingerprint density at radius 2 is 1.20 bits per heavy atom. The van der Waals surface area contributed by atoms with Gasteiger partial charge in [-0.05, 0) is 78.3 Å². The zero-order valence-corrected chi connectivity index (χ0v) is 37.6. The van der Waals surface area contributed by atoms with Crippen molar-refractivity contribution in [3.8, 4) is 17.2 Å². The van der Waals surface area contributed by atoms with Gasteiger partial charge in [-0.1, -0.05) is 56.7 Å². The summed E-state index contributed by atoms with van der Waals surface area (Å²) in [7, 11) is 0. The fraction of sp³-hybridized carbons (Fsp3) is 0.435. The van der Waals surface area contributed by atoms with Crippen LogP contribution in [0.2, 0.25) is 0 Å². The molecule has 0 unspecified atom stereocenters. The van der Waals surface area contributed by atoms with Crippen LogP contribution in [0.1, 0.15) is 69.1 Å². The molecule has 7 amide bonds. The summed E-state index contributed by atoms with van der Waals surface area (Å²) >= 11 is 4.22. The van der Waals surface area contributed by atoms with Gasteiger partial charge in [-0.15, -0.1) is 0 Å². The van der Waals surface area contributed by atoms with Crippen LogP contribution in [-0.2, 0) is 57.6 Å². The highest BCUT2D eigenvalue weighted by Gasteiger charge is 2.35. The molecule has 0 radical (unpaired) electrons. The molecule has 4 rings (SSSR count). The predicted octanol–water partition coefficient (Wildman–Crippen LogP) is 0.881. The minimum Gasteiger partial charge on any atom is -0.508 e. The molecule has 20 heteroatoms. The van der Waals surface area contributed by atoms with Gasteiger partial charge < -0.3 is 57.6 Å². The fourth-order valence-electron chi connectivity index (χ4n) is 7.00. The summed E-state index contributed by atoms with van der Waals surface area (Å²) in [5.74, 6) is -7.22. The third-order valence-corrected chi connectivity index (χ3v) is 11.5.